The van der Waals surface area contributed by atoms with E-state index in [1.54, 1.807) is 19.2 Å². The summed E-state index contributed by atoms with van der Waals surface area (Å²) < 4.78 is 5.36. The lowest BCUT2D eigenvalue weighted by Gasteiger charge is -2.63. The van der Waals surface area contributed by atoms with E-state index in [0.717, 1.165) is 23.7 Å². The molecule has 180 valence electrons. The number of nitrogens with zero attached hydrogens (tertiary/aromatic N) is 1. The Bertz CT molecular complexity index is 1320. The van der Waals surface area contributed by atoms with E-state index in [0.29, 0.717) is 30.2 Å². The molecule has 4 N–H and O–H groups in total. The van der Waals surface area contributed by atoms with Crippen molar-refractivity contribution < 1.29 is 23.9 Å². The Kier molecular flexibility index (Phi) is 4.68. The van der Waals surface area contributed by atoms with Gasteiger partial charge in [0.25, 0.3) is 5.91 Å². The van der Waals surface area contributed by atoms with Crippen LogP contribution in [-0.2, 0) is 14.4 Å². The molecule has 10 nitrogen and oxygen atoms in total. The van der Waals surface area contributed by atoms with Crippen LogP contribution in [0.3, 0.4) is 0 Å². The molecule has 4 amide bonds. The molecular weight excluding hydrogens is 450 g/mol. The Balaban J connectivity index is 1.19. The molecule has 6 rings (SSSR count). The van der Waals surface area contributed by atoms with Crippen LogP contribution in [0.15, 0.2) is 24.3 Å². The van der Waals surface area contributed by atoms with Crippen LogP contribution >= 0.6 is 0 Å². The maximum absolute atomic E-state index is 13.4. The number of H-pyrrole nitrogens is 1. The Morgan fingerprint density at radius 2 is 2.03 bits per heavy atom. The van der Waals surface area contributed by atoms with Crippen LogP contribution in [0.5, 0.6) is 5.75 Å². The Morgan fingerprint density at radius 1 is 1.26 bits per heavy atom. The van der Waals surface area contributed by atoms with Gasteiger partial charge < -0.3 is 20.4 Å². The van der Waals surface area contributed by atoms with Crippen LogP contribution < -0.4 is 20.7 Å². The molecule has 1 aromatic carbocycles. The second-order valence-electron chi connectivity index (χ2n) is 10.2. The van der Waals surface area contributed by atoms with Crippen LogP contribution in [0.1, 0.15) is 36.2 Å². The molecule has 35 heavy (non-hydrogen) atoms. The number of imide groups is 1. The number of benzene rings is 1. The fraction of sp³-hybridized carbons (Fsp3) is 0.480. The Hall–Kier alpha value is -3.87. The lowest BCUT2D eigenvalue weighted by molar-refractivity contribution is -0.170. The van der Waals surface area contributed by atoms with Crippen molar-refractivity contribution in [1.29, 1.82) is 5.26 Å². The van der Waals surface area contributed by atoms with Crippen LogP contribution in [0.2, 0.25) is 0 Å². The van der Waals surface area contributed by atoms with Crippen molar-refractivity contribution >= 4 is 34.5 Å². The number of fused-ring (bicyclic) bond motifs is 5. The lowest BCUT2D eigenvalue weighted by atomic mass is 9.40. The average Bonchev–Trinajstić information content (AvgIpc) is 3.47. The quantitative estimate of drug-likeness (QED) is 0.438. The fourth-order valence-corrected chi connectivity index (χ4v) is 6.25. The van der Waals surface area contributed by atoms with Gasteiger partial charge in [-0.05, 0) is 42.9 Å². The standard InChI is InChI=1S/C25H25N5O5/c1-35-17-4-2-3-14-12(17)8-16(27-14)21(31)28-15(7-11-5-6-11)22(32)30-25(10-26)9-13-18-19(20(13)25)24(34)29-23(18)33/h2-4,8,11,13,15,18-20,27H,5-7,9H2,1H3,(H,28,31)(H,30,32)(H,29,33,34)/t13?,15-,18-,19-,20?,25+/m0/s1. The number of carbonyl (C=O) groups excluding carboxylic acids is 4. The maximum Gasteiger partial charge on any atom is 0.268 e. The van der Waals surface area contributed by atoms with Gasteiger partial charge in [-0.1, -0.05) is 18.9 Å². The van der Waals surface area contributed by atoms with Crippen molar-refractivity contribution in [3.63, 3.8) is 0 Å². The number of rotatable bonds is 7. The van der Waals surface area contributed by atoms with E-state index in [1.165, 1.54) is 0 Å². The second kappa shape index (κ2) is 7.57. The third-order valence-electron chi connectivity index (χ3n) is 8.20. The highest BCUT2D eigenvalue weighted by Crippen LogP contribution is 2.64. The van der Waals surface area contributed by atoms with Crippen molar-refractivity contribution in [3.8, 4) is 11.8 Å². The number of carbonyl (C=O) groups is 4. The van der Waals surface area contributed by atoms with Crippen LogP contribution in [0.25, 0.3) is 10.9 Å². The first-order chi connectivity index (χ1) is 16.8. The van der Waals surface area contributed by atoms with Crippen molar-refractivity contribution in [2.75, 3.05) is 7.11 Å². The molecule has 2 heterocycles. The smallest absolute Gasteiger partial charge is 0.268 e. The van der Waals surface area contributed by atoms with Gasteiger partial charge in [0.15, 0.2) is 0 Å². The molecule has 1 aliphatic heterocycles. The number of aromatic amines is 1. The number of ether oxygens (including phenoxy) is 1. The lowest BCUT2D eigenvalue weighted by Crippen LogP contribution is -2.75. The number of nitriles is 1. The Morgan fingerprint density at radius 3 is 2.74 bits per heavy atom. The van der Waals surface area contributed by atoms with E-state index in [9.17, 15) is 24.4 Å². The van der Waals surface area contributed by atoms with Crippen molar-refractivity contribution in [2.24, 2.45) is 29.6 Å². The summed E-state index contributed by atoms with van der Waals surface area (Å²) in [5.41, 5.74) is -0.156. The summed E-state index contributed by atoms with van der Waals surface area (Å²) in [6, 6.07) is 8.54. The summed E-state index contributed by atoms with van der Waals surface area (Å²) in [6.45, 7) is 0. The molecule has 2 aromatic rings. The van der Waals surface area contributed by atoms with Gasteiger partial charge in [-0.15, -0.1) is 0 Å². The van der Waals surface area contributed by atoms with Gasteiger partial charge in [-0.2, -0.15) is 5.26 Å². The number of hydrogen-bond donors (Lipinski definition) is 4. The highest BCUT2D eigenvalue weighted by molar-refractivity contribution is 6.07. The van der Waals surface area contributed by atoms with Crippen LogP contribution in [-0.4, -0.2) is 47.3 Å². The van der Waals surface area contributed by atoms with E-state index in [2.05, 4.69) is 27.0 Å². The predicted molar refractivity (Wildman–Crippen MR) is 122 cm³/mol. The molecule has 1 saturated heterocycles. The third kappa shape index (κ3) is 3.21. The highest BCUT2D eigenvalue weighted by Gasteiger charge is 2.75. The maximum atomic E-state index is 13.4. The molecule has 4 aliphatic rings. The first kappa shape index (κ1) is 21.6. The zero-order valence-corrected chi connectivity index (χ0v) is 19.1. The molecule has 10 heteroatoms. The van der Waals surface area contributed by atoms with E-state index < -0.39 is 35.2 Å². The fourth-order valence-electron chi connectivity index (χ4n) is 6.25. The summed E-state index contributed by atoms with van der Waals surface area (Å²) >= 11 is 0. The topological polar surface area (TPSA) is 153 Å². The van der Waals surface area contributed by atoms with Gasteiger partial charge in [0.1, 0.15) is 23.0 Å². The van der Waals surface area contributed by atoms with E-state index in [4.69, 9.17) is 4.74 Å². The first-order valence-corrected chi connectivity index (χ1v) is 11.9. The minimum atomic E-state index is -1.20. The monoisotopic (exact) mass is 475 g/mol. The molecule has 0 bridgehead atoms. The van der Waals surface area contributed by atoms with Crippen molar-refractivity contribution in [3.05, 3.63) is 30.0 Å². The molecule has 0 radical (unpaired) electrons. The van der Waals surface area contributed by atoms with Crippen molar-refractivity contribution in [2.45, 2.75) is 37.3 Å². The number of methoxy groups -OCH3 is 1. The van der Waals surface area contributed by atoms with Crippen LogP contribution in [0, 0.1) is 40.9 Å². The minimum Gasteiger partial charge on any atom is -0.496 e. The Labute approximate surface area is 200 Å². The largest absolute Gasteiger partial charge is 0.496 e. The number of nitrogens with one attached hydrogen (secondary N) is 4. The van der Waals surface area contributed by atoms with E-state index in [1.807, 2.05) is 12.1 Å². The molecular formula is C25H25N5O5. The summed E-state index contributed by atoms with van der Waals surface area (Å²) in [7, 11) is 1.56. The van der Waals surface area contributed by atoms with Gasteiger partial charge in [0.2, 0.25) is 17.7 Å². The molecule has 0 spiro atoms. The zero-order chi connectivity index (χ0) is 24.5. The summed E-state index contributed by atoms with van der Waals surface area (Å²) in [6.07, 6.45) is 2.78. The normalized spacial score (nSPS) is 31.2. The molecule has 3 saturated carbocycles. The third-order valence-corrected chi connectivity index (χ3v) is 8.20. The molecule has 1 aromatic heterocycles. The number of amides is 4. The van der Waals surface area contributed by atoms with Gasteiger partial charge >= 0.3 is 0 Å². The first-order valence-electron chi connectivity index (χ1n) is 11.9. The van der Waals surface area contributed by atoms with Gasteiger partial charge in [-0.3, -0.25) is 24.5 Å². The molecule has 6 atom stereocenters. The van der Waals surface area contributed by atoms with Crippen LogP contribution in [0.4, 0.5) is 0 Å². The van der Waals surface area contributed by atoms with Gasteiger partial charge in [0.05, 0.1) is 25.0 Å². The van der Waals surface area contributed by atoms with E-state index >= 15 is 0 Å². The highest BCUT2D eigenvalue weighted by atomic mass is 16.5. The summed E-state index contributed by atoms with van der Waals surface area (Å²) in [5.74, 6) is -1.97. The number of aromatic nitrogens is 1. The summed E-state index contributed by atoms with van der Waals surface area (Å²) in [4.78, 5) is 53.7. The van der Waals surface area contributed by atoms with E-state index in [-0.39, 0.29) is 23.7 Å². The average molecular weight is 476 g/mol. The SMILES string of the molecule is COc1cccc2[nH]c(C(=O)N[C@@H](CC3CC3)C(=O)N[C@@]3(C#N)CC4C3[C@H]3C(=O)NC(=O)[C@@H]43)cc12. The molecule has 2 unspecified atom stereocenters. The van der Waals surface area contributed by atoms with Crippen molar-refractivity contribution in [1.82, 2.24) is 20.9 Å². The molecule has 4 fully saturated rings. The minimum absolute atomic E-state index is 0.0794. The van der Waals surface area contributed by atoms with Gasteiger partial charge in [0, 0.05) is 16.8 Å². The number of hydrogen-bond acceptors (Lipinski definition) is 6. The zero-order valence-electron chi connectivity index (χ0n) is 19.1. The summed E-state index contributed by atoms with van der Waals surface area (Å²) in [5, 5.41) is 18.8. The van der Waals surface area contributed by atoms with Gasteiger partial charge in [-0.25, -0.2) is 0 Å². The second-order valence-corrected chi connectivity index (χ2v) is 10.2. The molecule has 3 aliphatic carbocycles. The predicted octanol–water partition coefficient (Wildman–Crippen LogP) is 0.992.